The second-order valence-corrected chi connectivity index (χ2v) is 41.6. The Labute approximate surface area is 772 Å². The van der Waals surface area contributed by atoms with Gasteiger partial charge in [-0.15, -0.1) is 0 Å². The molecule has 0 aromatic heterocycles. The van der Waals surface area contributed by atoms with E-state index in [0.717, 1.165) is 94.8 Å². The lowest BCUT2D eigenvalue weighted by molar-refractivity contribution is 0.00415. The molecule has 12 rings (SSSR count). The summed E-state index contributed by atoms with van der Waals surface area (Å²) in [6, 6.07) is 34.2. The standard InChI is InChI=1S/C19H27NO3.C19H29NO3.C18H33NO2.C18H27NO2.C17H31NO2.C17H25NO2/c1-12(2)15-10-9-13(3)11-18(15)23-19(22)20-17-8-6-5-7-16(17)14(4)21;1-5-22-17-9-7-6-8-16(17)20-19(21)23-18-12-14(4)10-11-15(18)13(2)3;2*1-13(2)16-10-9-14(3)11-17(16)21-18(20)19-12-15-7-5-4-6-8-15;2*1-12(2)15-10-9-13(3)11-16(15)20-17(19)18-14-7-5-4-6-8-14/h5-8,12-13,15,18H,9-11H2,1-4H3,(H,20,22);6-9,13-15,18H,5,10-12H2,1-4H3,(H,20,21);13-17H,4-12H2,1-3H3,(H,19,20);4-8,13-14,16-17H,9-12H2,1-3H3,(H,19,20);12-16H,4-11H2,1-3H3,(H,18,19);4-8,12-13,15-16H,9-11H2,1-3H3,(H,18,19). The number of ether oxygens (including phenoxy) is 7. The number of nitrogens with one attached hydrogen (secondary N) is 6. The number of para-hydroxylation sites is 4. The van der Waals surface area contributed by atoms with Gasteiger partial charge in [0.05, 0.1) is 18.0 Å². The lowest BCUT2D eigenvalue weighted by Gasteiger charge is -2.37. The molecule has 4 aromatic rings. The van der Waals surface area contributed by atoms with Crippen molar-refractivity contribution in [2.75, 3.05) is 29.1 Å². The van der Waals surface area contributed by atoms with Crippen LogP contribution in [0, 0.1) is 112 Å². The van der Waals surface area contributed by atoms with E-state index in [1.807, 2.05) is 91.9 Å². The van der Waals surface area contributed by atoms with E-state index in [1.54, 1.807) is 24.3 Å². The van der Waals surface area contributed by atoms with Crippen LogP contribution in [-0.2, 0) is 35.0 Å². The predicted octanol–water partition coefficient (Wildman–Crippen LogP) is 28.3. The molecule has 20 heteroatoms. The summed E-state index contributed by atoms with van der Waals surface area (Å²) in [4.78, 5) is 84.5. The summed E-state index contributed by atoms with van der Waals surface area (Å²) in [5.74, 6) is 11.3. The zero-order chi connectivity index (χ0) is 93.4. The van der Waals surface area contributed by atoms with Crippen molar-refractivity contribution in [1.29, 1.82) is 0 Å². The van der Waals surface area contributed by atoms with Crippen molar-refractivity contribution in [2.24, 2.45) is 112 Å². The van der Waals surface area contributed by atoms with E-state index >= 15 is 0 Å². The Bertz CT molecular complexity index is 3850. The average Bonchev–Trinajstić information content (AvgIpc) is 0.845. The fourth-order valence-corrected chi connectivity index (χ4v) is 20.9. The third kappa shape index (κ3) is 38.4. The van der Waals surface area contributed by atoms with Crippen LogP contribution < -0.4 is 36.6 Å². The molecule has 0 aliphatic heterocycles. The molecule has 6 N–H and O–H groups in total. The number of anilines is 3. The van der Waals surface area contributed by atoms with Gasteiger partial charge in [0.1, 0.15) is 42.4 Å². The SMILES string of the molecule is CC(=O)c1ccccc1NC(=O)OC1CC(C)CCC1C(C)C.CC1CCC(C(C)C)C(OC(=O)NC2CCCCC2)C1.CC1CCC(C(C)C)C(OC(=O)NCC2CCCCC2)C1.CC1CCC(C(C)C)C(OC(=O)NCc2ccccc2)C1.CC1CCC(C(C)C)C(OC(=O)Nc2ccccc2)C1.CCOc1ccccc1NC(=O)OC1CC(C)CCC1C(C)C. The Morgan fingerprint density at radius 3 is 1.02 bits per heavy atom. The second kappa shape index (κ2) is 56.6. The Morgan fingerprint density at radius 1 is 0.328 bits per heavy atom. The maximum atomic E-state index is 12.3. The van der Waals surface area contributed by atoms with Crippen molar-refractivity contribution in [3.8, 4) is 5.75 Å². The molecule has 8 aliphatic rings. The molecule has 8 aliphatic carbocycles. The summed E-state index contributed by atoms with van der Waals surface area (Å²) in [6.07, 6.45) is 31.2. The lowest BCUT2D eigenvalue weighted by atomic mass is 9.75. The third-order valence-corrected chi connectivity index (χ3v) is 28.8. The first-order valence-electron chi connectivity index (χ1n) is 50.3. The topological polar surface area (TPSA) is 256 Å². The number of hydrogen-bond acceptors (Lipinski definition) is 14. The maximum absolute atomic E-state index is 12.3. The number of carbonyl (C=O) groups excluding carboxylic acids is 7. The minimum Gasteiger partial charge on any atom is -0.492 e. The van der Waals surface area contributed by atoms with Gasteiger partial charge in [-0.25, -0.2) is 28.8 Å². The Hall–Kier alpha value is -8.03. The highest BCUT2D eigenvalue weighted by molar-refractivity contribution is 6.02. The van der Waals surface area contributed by atoms with E-state index < -0.39 is 6.09 Å². The summed E-state index contributed by atoms with van der Waals surface area (Å²) in [5.41, 5.74) is 3.54. The second-order valence-electron chi connectivity index (χ2n) is 41.6. The van der Waals surface area contributed by atoms with Crippen LogP contribution in [-0.4, -0.2) is 98.2 Å². The molecule has 6 amide bonds. The van der Waals surface area contributed by atoms with E-state index in [4.69, 9.17) is 33.2 Å². The number of benzene rings is 4. The minimum atomic E-state index is -0.469. The summed E-state index contributed by atoms with van der Waals surface area (Å²) in [5, 5.41) is 17.3. The molecule has 0 saturated heterocycles. The van der Waals surface area contributed by atoms with Crippen molar-refractivity contribution in [1.82, 2.24) is 16.0 Å². The molecule has 8 saturated carbocycles. The van der Waals surface area contributed by atoms with Crippen LogP contribution >= 0.6 is 0 Å². The van der Waals surface area contributed by atoms with Crippen molar-refractivity contribution in [2.45, 2.75) is 367 Å². The highest BCUT2D eigenvalue weighted by Crippen LogP contribution is 2.42. The Kier molecular flexibility index (Phi) is 47.4. The van der Waals surface area contributed by atoms with Gasteiger partial charge in [0.15, 0.2) is 5.78 Å². The van der Waals surface area contributed by atoms with E-state index in [-0.39, 0.29) is 72.9 Å². The van der Waals surface area contributed by atoms with Crippen molar-refractivity contribution in [3.63, 3.8) is 0 Å². The fraction of sp³-hybridized carbons (Fsp3) is 0.713. The lowest BCUT2D eigenvalue weighted by Crippen LogP contribution is -2.42. The fourth-order valence-electron chi connectivity index (χ4n) is 20.9. The number of alkyl carbamates (subject to hydrolysis) is 3. The molecule has 4 aromatic carbocycles. The van der Waals surface area contributed by atoms with Gasteiger partial charge in [0.25, 0.3) is 0 Å². The molecule has 0 spiro atoms. The van der Waals surface area contributed by atoms with Gasteiger partial charge >= 0.3 is 36.6 Å². The highest BCUT2D eigenvalue weighted by atomic mass is 16.6. The van der Waals surface area contributed by atoms with Crippen LogP contribution in [0.2, 0.25) is 0 Å². The van der Waals surface area contributed by atoms with Gasteiger partial charge in [0, 0.05) is 30.4 Å². The average molecular weight is 1780 g/mol. The molecule has 0 heterocycles. The van der Waals surface area contributed by atoms with Gasteiger partial charge in [-0.2, -0.15) is 0 Å². The third-order valence-electron chi connectivity index (χ3n) is 28.8. The number of ketones is 1. The predicted molar refractivity (Wildman–Crippen MR) is 519 cm³/mol. The zero-order valence-electron chi connectivity index (χ0n) is 82.5. The Morgan fingerprint density at radius 2 is 0.641 bits per heavy atom. The Balaban J connectivity index is 0.000000211. The summed E-state index contributed by atoms with van der Waals surface area (Å²) in [6.45, 7) is 45.4. The van der Waals surface area contributed by atoms with Crippen LogP contribution in [0.3, 0.4) is 0 Å². The molecule has 0 bridgehead atoms. The molecular formula is C108H172N6O14. The summed E-state index contributed by atoms with van der Waals surface area (Å²) in [7, 11) is 0. The minimum absolute atomic E-state index is 0.00185. The van der Waals surface area contributed by atoms with E-state index in [9.17, 15) is 33.6 Å². The van der Waals surface area contributed by atoms with E-state index in [0.29, 0.717) is 154 Å². The quantitative estimate of drug-likeness (QED) is 0.0298. The van der Waals surface area contributed by atoms with Gasteiger partial charge in [-0.3, -0.25) is 20.7 Å². The largest absolute Gasteiger partial charge is 0.492 e. The van der Waals surface area contributed by atoms with Crippen LogP contribution in [0.1, 0.15) is 334 Å². The first-order valence-corrected chi connectivity index (χ1v) is 50.3. The van der Waals surface area contributed by atoms with Crippen molar-refractivity contribution < 1.29 is 66.7 Å². The summed E-state index contributed by atoms with van der Waals surface area (Å²) < 4.78 is 40.0. The summed E-state index contributed by atoms with van der Waals surface area (Å²) >= 11 is 0. The number of Topliss-reactive ketones (excluding diaryl/α,β-unsaturated/α-hetero) is 1. The monoisotopic (exact) mass is 1780 g/mol. The molecule has 20 nitrogen and oxygen atoms in total. The maximum Gasteiger partial charge on any atom is 0.412 e. The molecule has 0 radical (unpaired) electrons. The van der Waals surface area contributed by atoms with Gasteiger partial charge in [0.2, 0.25) is 0 Å². The molecule has 18 atom stereocenters. The van der Waals surface area contributed by atoms with E-state index in [2.05, 4.69) is 157 Å². The van der Waals surface area contributed by atoms with Gasteiger partial charge in [-0.05, 0) is 271 Å². The van der Waals surface area contributed by atoms with Crippen molar-refractivity contribution in [3.05, 3.63) is 120 Å². The number of rotatable bonds is 23. The first-order chi connectivity index (χ1) is 61.1. The normalized spacial score (nSPS) is 27.2. The van der Waals surface area contributed by atoms with Crippen LogP contribution in [0.5, 0.6) is 5.75 Å². The van der Waals surface area contributed by atoms with Crippen molar-refractivity contribution >= 4 is 59.4 Å². The smallest absolute Gasteiger partial charge is 0.412 e. The highest BCUT2D eigenvalue weighted by Gasteiger charge is 2.40. The van der Waals surface area contributed by atoms with Crippen LogP contribution in [0.4, 0.5) is 45.8 Å². The number of amides is 6. The number of carbonyl (C=O) groups is 7. The molecule has 18 unspecified atom stereocenters. The first kappa shape index (κ1) is 107. The van der Waals surface area contributed by atoms with Crippen LogP contribution in [0.25, 0.3) is 0 Å². The van der Waals surface area contributed by atoms with Gasteiger partial charge in [-0.1, -0.05) is 274 Å². The number of hydrogen-bond donors (Lipinski definition) is 6. The van der Waals surface area contributed by atoms with Crippen LogP contribution in [0.15, 0.2) is 109 Å². The zero-order valence-corrected chi connectivity index (χ0v) is 82.5. The molecule has 128 heavy (non-hydrogen) atoms. The molecular weight excluding hydrogens is 1610 g/mol. The molecule has 8 fully saturated rings. The molecule has 718 valence electrons. The van der Waals surface area contributed by atoms with E-state index in [1.165, 1.54) is 110 Å². The van der Waals surface area contributed by atoms with Gasteiger partial charge < -0.3 is 49.1 Å².